The van der Waals surface area contributed by atoms with E-state index in [9.17, 15) is 15.2 Å². The van der Waals surface area contributed by atoms with Crippen LogP contribution in [0.1, 0.15) is 83.9 Å². The molecule has 4 N–H and O–H groups in total. The molecule has 1 aromatic carbocycles. The van der Waals surface area contributed by atoms with Crippen LogP contribution in [0.4, 0.5) is 5.69 Å². The highest BCUT2D eigenvalue weighted by atomic mass is 16.3. The molecule has 2 aromatic rings. The van der Waals surface area contributed by atoms with Crippen LogP contribution in [0.2, 0.25) is 0 Å². The van der Waals surface area contributed by atoms with E-state index in [2.05, 4.69) is 17.5 Å². The third-order valence-corrected chi connectivity index (χ3v) is 8.56. The molecule has 3 unspecified atom stereocenters. The van der Waals surface area contributed by atoms with Crippen molar-refractivity contribution in [2.24, 2.45) is 17.6 Å². The van der Waals surface area contributed by atoms with E-state index in [0.717, 1.165) is 35.3 Å². The average molecular weight is 488 g/mol. The van der Waals surface area contributed by atoms with E-state index in [1.54, 1.807) is 4.90 Å². The van der Waals surface area contributed by atoms with E-state index in [1.165, 1.54) is 25.7 Å². The lowest BCUT2D eigenvalue weighted by Gasteiger charge is -2.40. The summed E-state index contributed by atoms with van der Waals surface area (Å²) in [4.78, 5) is 19.6. The predicted octanol–water partition coefficient (Wildman–Crippen LogP) is 4.09. The minimum absolute atomic E-state index is 0.0536. The van der Waals surface area contributed by atoms with E-state index >= 15 is 0 Å². The Kier molecular flexibility index (Phi) is 7.27. The van der Waals surface area contributed by atoms with Crippen molar-refractivity contribution >= 4 is 11.6 Å². The van der Waals surface area contributed by atoms with Gasteiger partial charge in [0.1, 0.15) is 5.69 Å². The van der Waals surface area contributed by atoms with Crippen LogP contribution >= 0.6 is 0 Å². The minimum atomic E-state index is -0.310. The summed E-state index contributed by atoms with van der Waals surface area (Å²) in [5, 5.41) is 22.9. The van der Waals surface area contributed by atoms with Gasteiger partial charge in [0.05, 0.1) is 17.7 Å². The van der Waals surface area contributed by atoms with Gasteiger partial charge in [-0.3, -0.25) is 4.79 Å². The minimum Gasteiger partial charge on any atom is -0.393 e. The van der Waals surface area contributed by atoms with Crippen molar-refractivity contribution in [2.45, 2.75) is 76.5 Å². The molecule has 7 nitrogen and oxygen atoms in total. The molecule has 0 radical (unpaired) electrons. The normalized spacial score (nSPS) is 23.7. The number of nitrogens with one attached hydrogen (secondary N) is 1. The fourth-order valence-corrected chi connectivity index (χ4v) is 6.44. The number of nitrogens with zero attached hydrogens (tertiary/aromatic N) is 3. The maximum absolute atomic E-state index is 13.0. The number of benzene rings is 1. The zero-order valence-corrected chi connectivity index (χ0v) is 21.1. The van der Waals surface area contributed by atoms with Crippen molar-refractivity contribution in [2.75, 3.05) is 18.4 Å². The number of rotatable bonds is 5. The third-order valence-electron chi connectivity index (χ3n) is 8.56. The van der Waals surface area contributed by atoms with Crippen molar-refractivity contribution in [3.63, 3.8) is 0 Å². The van der Waals surface area contributed by atoms with Gasteiger partial charge in [0, 0.05) is 36.6 Å². The van der Waals surface area contributed by atoms with Crippen molar-refractivity contribution in [3.05, 3.63) is 58.4 Å². The molecule has 5 rings (SSSR count). The summed E-state index contributed by atoms with van der Waals surface area (Å²) in [7, 11) is 0. The van der Waals surface area contributed by atoms with Crippen molar-refractivity contribution in [3.8, 4) is 6.07 Å². The maximum Gasteiger partial charge on any atom is 0.272 e. The van der Waals surface area contributed by atoms with Crippen LogP contribution in [-0.2, 0) is 6.42 Å². The number of amides is 1. The van der Waals surface area contributed by atoms with Gasteiger partial charge in [-0.25, -0.2) is 4.98 Å². The van der Waals surface area contributed by atoms with Gasteiger partial charge in [-0.2, -0.15) is 5.26 Å². The van der Waals surface area contributed by atoms with Gasteiger partial charge >= 0.3 is 0 Å². The van der Waals surface area contributed by atoms with Gasteiger partial charge in [0.2, 0.25) is 0 Å². The van der Waals surface area contributed by atoms with Crippen LogP contribution in [0.25, 0.3) is 0 Å². The van der Waals surface area contributed by atoms with Gasteiger partial charge < -0.3 is 21.1 Å². The highest BCUT2D eigenvalue weighted by Crippen LogP contribution is 2.41. The Hall–Kier alpha value is -2.95. The molecular weight excluding hydrogens is 450 g/mol. The first kappa shape index (κ1) is 24.7. The first-order chi connectivity index (χ1) is 17.4. The predicted molar refractivity (Wildman–Crippen MR) is 139 cm³/mol. The molecule has 190 valence electrons. The number of nitriles is 1. The van der Waals surface area contributed by atoms with E-state index < -0.39 is 0 Å². The number of carbonyl (C=O) groups excluding carboxylic acids is 1. The van der Waals surface area contributed by atoms with Crippen molar-refractivity contribution in [1.29, 1.82) is 5.26 Å². The molecule has 2 fully saturated rings. The van der Waals surface area contributed by atoms with E-state index in [0.29, 0.717) is 43.1 Å². The van der Waals surface area contributed by atoms with Crippen LogP contribution < -0.4 is 11.1 Å². The van der Waals surface area contributed by atoms with Crippen molar-refractivity contribution in [1.82, 2.24) is 9.88 Å². The maximum atomic E-state index is 13.0. The molecule has 0 spiro atoms. The first-order valence-electron chi connectivity index (χ1n) is 13.4. The highest BCUT2D eigenvalue weighted by molar-refractivity contribution is 5.92. The summed E-state index contributed by atoms with van der Waals surface area (Å²) < 4.78 is 0. The second kappa shape index (κ2) is 10.6. The van der Waals surface area contributed by atoms with Crippen LogP contribution in [0, 0.1) is 30.1 Å². The number of pyridine rings is 1. The zero-order chi connectivity index (χ0) is 25.2. The summed E-state index contributed by atoms with van der Waals surface area (Å²) >= 11 is 0. The van der Waals surface area contributed by atoms with Crippen molar-refractivity contribution < 1.29 is 9.90 Å². The Bertz CT molecular complexity index is 1140. The smallest absolute Gasteiger partial charge is 0.272 e. The number of aromatic nitrogens is 1. The van der Waals surface area contributed by atoms with Gasteiger partial charge in [-0.15, -0.1) is 0 Å². The second-order valence-electron chi connectivity index (χ2n) is 10.8. The summed E-state index contributed by atoms with van der Waals surface area (Å²) in [6, 6.07) is 12.2. The van der Waals surface area contributed by atoms with E-state index in [1.807, 2.05) is 31.2 Å². The van der Waals surface area contributed by atoms with Gasteiger partial charge in [-0.1, -0.05) is 18.9 Å². The highest BCUT2D eigenvalue weighted by Gasteiger charge is 2.39. The molecule has 1 saturated carbocycles. The molecule has 1 aromatic heterocycles. The van der Waals surface area contributed by atoms with Crippen LogP contribution in [0.5, 0.6) is 0 Å². The fourth-order valence-electron chi connectivity index (χ4n) is 6.44. The SMILES string of the molecule is Cc1cc(NC(C2CCCC2)C2CCc3nc(C(=O)N4CCC(O)CC4)ccc3C2N)ccc1C#N. The number of aliphatic hydroxyl groups excluding tert-OH is 1. The molecule has 7 heteroatoms. The average Bonchev–Trinajstić information content (AvgIpc) is 3.43. The summed E-state index contributed by atoms with van der Waals surface area (Å²) in [5.41, 5.74) is 12.1. The number of hydrogen-bond acceptors (Lipinski definition) is 6. The van der Waals surface area contributed by atoms with E-state index in [4.69, 9.17) is 10.7 Å². The number of carbonyl (C=O) groups is 1. The standard InChI is InChI=1S/C29H37N5O2/c1-18-16-21(7-6-20(18)17-30)32-28(19-4-2-3-5-19)24-9-10-25-23(27(24)31)8-11-26(33-25)29(36)34-14-12-22(35)13-15-34/h6-8,11,16,19,22,24,27-28,32,35H,2-5,9-10,12-15,31H2,1H3. The molecular formula is C29H37N5O2. The lowest BCUT2D eigenvalue weighted by molar-refractivity contribution is 0.0541. The number of hydrogen-bond donors (Lipinski definition) is 3. The van der Waals surface area contributed by atoms with Gasteiger partial charge in [0.25, 0.3) is 5.91 Å². The Labute approximate surface area is 213 Å². The lowest BCUT2D eigenvalue weighted by Crippen LogP contribution is -2.44. The number of fused-ring (bicyclic) bond motifs is 1. The topological polar surface area (TPSA) is 115 Å². The Balaban J connectivity index is 1.36. The number of anilines is 1. The monoisotopic (exact) mass is 487 g/mol. The van der Waals surface area contributed by atoms with Gasteiger partial charge in [-0.05, 0) is 92.7 Å². The lowest BCUT2D eigenvalue weighted by atomic mass is 9.73. The second-order valence-corrected chi connectivity index (χ2v) is 10.8. The molecule has 2 aliphatic carbocycles. The summed E-state index contributed by atoms with van der Waals surface area (Å²) in [5.74, 6) is 0.785. The number of likely N-dealkylation sites (tertiary alicyclic amines) is 1. The molecule has 1 amide bonds. The molecule has 3 atom stereocenters. The molecule has 36 heavy (non-hydrogen) atoms. The Morgan fingerprint density at radius 2 is 1.92 bits per heavy atom. The van der Waals surface area contributed by atoms with Crippen LogP contribution in [0.3, 0.4) is 0 Å². The van der Waals surface area contributed by atoms with E-state index in [-0.39, 0.29) is 30.0 Å². The largest absolute Gasteiger partial charge is 0.393 e. The first-order valence-corrected chi connectivity index (χ1v) is 13.4. The molecule has 3 aliphatic rings. The molecule has 0 bridgehead atoms. The Morgan fingerprint density at radius 3 is 2.61 bits per heavy atom. The number of aryl methyl sites for hydroxylation is 2. The summed E-state index contributed by atoms with van der Waals surface area (Å²) in [6.45, 7) is 3.13. The zero-order valence-electron chi connectivity index (χ0n) is 21.1. The molecule has 1 aliphatic heterocycles. The number of piperidine rings is 1. The fraction of sp³-hybridized carbons (Fsp3) is 0.552. The third kappa shape index (κ3) is 4.98. The van der Waals surface area contributed by atoms with Gasteiger partial charge in [0.15, 0.2) is 0 Å². The molecule has 1 saturated heterocycles. The number of aliphatic hydroxyl groups is 1. The van der Waals surface area contributed by atoms with Crippen LogP contribution in [-0.4, -0.2) is 46.1 Å². The Morgan fingerprint density at radius 1 is 1.17 bits per heavy atom. The quantitative estimate of drug-likeness (QED) is 0.585. The molecule has 2 heterocycles. The van der Waals surface area contributed by atoms with Crippen LogP contribution in [0.15, 0.2) is 30.3 Å². The summed E-state index contributed by atoms with van der Waals surface area (Å²) in [6.07, 6.45) is 7.61. The number of nitrogens with two attached hydrogens (primary N) is 1.